The lowest BCUT2D eigenvalue weighted by molar-refractivity contribution is -0.182. The van der Waals surface area contributed by atoms with Crippen molar-refractivity contribution in [2.75, 3.05) is 0 Å². The predicted octanol–water partition coefficient (Wildman–Crippen LogP) is 4.98. The lowest BCUT2D eigenvalue weighted by Crippen LogP contribution is -2.41. The van der Waals surface area contributed by atoms with Gasteiger partial charge in [0.15, 0.2) is 0 Å². The van der Waals surface area contributed by atoms with E-state index in [1.807, 2.05) is 24.3 Å². The number of rotatable bonds is 4. The maximum atomic E-state index is 12.6. The zero-order chi connectivity index (χ0) is 15.5. The van der Waals surface area contributed by atoms with Crippen molar-refractivity contribution in [1.29, 1.82) is 0 Å². The summed E-state index contributed by atoms with van der Waals surface area (Å²) in [7, 11) is 0. The van der Waals surface area contributed by atoms with E-state index < -0.39 is 12.1 Å². The first-order chi connectivity index (χ1) is 9.86. The number of hydrogen-bond donors (Lipinski definition) is 1. The molecule has 1 aliphatic rings. The van der Waals surface area contributed by atoms with Gasteiger partial charge in [-0.15, -0.1) is 0 Å². The molecule has 5 heteroatoms. The molecule has 21 heavy (non-hydrogen) atoms. The molecule has 1 aromatic carbocycles. The van der Waals surface area contributed by atoms with Crippen LogP contribution in [0.15, 0.2) is 24.3 Å². The van der Waals surface area contributed by atoms with Gasteiger partial charge >= 0.3 is 6.18 Å². The van der Waals surface area contributed by atoms with Gasteiger partial charge in [-0.25, -0.2) is 0 Å². The van der Waals surface area contributed by atoms with E-state index in [1.54, 1.807) is 0 Å². The van der Waals surface area contributed by atoms with Crippen molar-refractivity contribution >= 4 is 11.6 Å². The van der Waals surface area contributed by atoms with E-state index in [9.17, 15) is 13.2 Å². The molecule has 2 rings (SSSR count). The van der Waals surface area contributed by atoms with Crippen LogP contribution in [-0.2, 0) is 6.42 Å². The second-order valence-electron chi connectivity index (χ2n) is 5.95. The van der Waals surface area contributed by atoms with Crippen LogP contribution in [0.4, 0.5) is 13.2 Å². The standard InChI is InChI=1S/C16H21ClF3N/c1-11(10-12-4-2-3-5-15(12)17)21-14-8-6-13(7-9-14)16(18,19)20/h2-5,11,13-14,21H,6-10H2,1H3. The average Bonchev–Trinajstić information content (AvgIpc) is 2.41. The molecule has 0 bridgehead atoms. The Kier molecular flexibility index (Phi) is 5.55. The van der Waals surface area contributed by atoms with E-state index in [1.165, 1.54) is 0 Å². The molecule has 1 atom stereocenters. The van der Waals surface area contributed by atoms with Crippen molar-refractivity contribution in [3.8, 4) is 0 Å². The zero-order valence-corrected chi connectivity index (χ0v) is 12.8. The van der Waals surface area contributed by atoms with Crippen molar-refractivity contribution in [2.45, 2.75) is 57.3 Å². The van der Waals surface area contributed by atoms with Crippen LogP contribution < -0.4 is 5.32 Å². The third-order valence-electron chi connectivity index (χ3n) is 4.19. The van der Waals surface area contributed by atoms with Crippen LogP contribution in [-0.4, -0.2) is 18.3 Å². The van der Waals surface area contributed by atoms with Gasteiger partial charge in [0.25, 0.3) is 0 Å². The summed E-state index contributed by atoms with van der Waals surface area (Å²) in [5.41, 5.74) is 1.07. The van der Waals surface area contributed by atoms with E-state index in [-0.39, 0.29) is 24.9 Å². The number of halogens is 4. The Hall–Kier alpha value is -0.740. The zero-order valence-electron chi connectivity index (χ0n) is 12.1. The molecular formula is C16H21ClF3N. The first-order valence-corrected chi connectivity index (χ1v) is 7.80. The second kappa shape index (κ2) is 7.01. The minimum Gasteiger partial charge on any atom is -0.311 e. The van der Waals surface area contributed by atoms with Gasteiger partial charge in [0.2, 0.25) is 0 Å². The summed E-state index contributed by atoms with van der Waals surface area (Å²) in [6.45, 7) is 2.05. The lowest BCUT2D eigenvalue weighted by Gasteiger charge is -2.32. The van der Waals surface area contributed by atoms with Crippen molar-refractivity contribution in [1.82, 2.24) is 5.32 Å². The number of benzene rings is 1. The van der Waals surface area contributed by atoms with Gasteiger partial charge in [-0.05, 0) is 50.7 Å². The van der Waals surface area contributed by atoms with Crippen LogP contribution in [0.3, 0.4) is 0 Å². The van der Waals surface area contributed by atoms with Crippen LogP contribution >= 0.6 is 11.6 Å². The molecule has 1 aliphatic carbocycles. The molecule has 0 spiro atoms. The van der Waals surface area contributed by atoms with E-state index in [2.05, 4.69) is 12.2 Å². The van der Waals surface area contributed by atoms with Gasteiger partial charge in [0.1, 0.15) is 0 Å². The monoisotopic (exact) mass is 319 g/mol. The molecule has 0 heterocycles. The minimum absolute atomic E-state index is 0.182. The first-order valence-electron chi connectivity index (χ1n) is 7.42. The molecule has 118 valence electrons. The van der Waals surface area contributed by atoms with E-state index in [0.29, 0.717) is 12.8 Å². The molecule has 0 radical (unpaired) electrons. The van der Waals surface area contributed by atoms with Gasteiger partial charge in [-0.1, -0.05) is 29.8 Å². The SMILES string of the molecule is CC(Cc1ccccc1Cl)NC1CCC(C(F)(F)F)CC1. The average molecular weight is 320 g/mol. The number of hydrogen-bond acceptors (Lipinski definition) is 1. The Bertz CT molecular complexity index is 453. The number of alkyl halides is 3. The molecule has 0 aliphatic heterocycles. The fraction of sp³-hybridized carbons (Fsp3) is 0.625. The Balaban J connectivity index is 1.80. The van der Waals surface area contributed by atoms with Gasteiger partial charge in [0.05, 0.1) is 5.92 Å². The van der Waals surface area contributed by atoms with Crippen LogP contribution in [0.5, 0.6) is 0 Å². The van der Waals surface area contributed by atoms with Crippen LogP contribution in [0.2, 0.25) is 5.02 Å². The molecular weight excluding hydrogens is 299 g/mol. The number of nitrogens with one attached hydrogen (secondary N) is 1. The third-order valence-corrected chi connectivity index (χ3v) is 4.56. The van der Waals surface area contributed by atoms with Crippen molar-refractivity contribution in [3.63, 3.8) is 0 Å². The lowest BCUT2D eigenvalue weighted by atomic mass is 9.85. The Labute approximate surface area is 128 Å². The van der Waals surface area contributed by atoms with Crippen molar-refractivity contribution in [3.05, 3.63) is 34.9 Å². The molecule has 1 unspecified atom stereocenters. The summed E-state index contributed by atoms with van der Waals surface area (Å²) in [5.74, 6) is -1.12. The Morgan fingerprint density at radius 1 is 1.19 bits per heavy atom. The van der Waals surface area contributed by atoms with Crippen LogP contribution in [0.1, 0.15) is 38.2 Å². The fourth-order valence-corrected chi connectivity index (χ4v) is 3.26. The first kappa shape index (κ1) is 16.6. The highest BCUT2D eigenvalue weighted by atomic mass is 35.5. The topological polar surface area (TPSA) is 12.0 Å². The van der Waals surface area contributed by atoms with Crippen molar-refractivity contribution < 1.29 is 13.2 Å². The van der Waals surface area contributed by atoms with E-state index in [0.717, 1.165) is 17.0 Å². The minimum atomic E-state index is -4.03. The molecule has 1 nitrogen and oxygen atoms in total. The highest BCUT2D eigenvalue weighted by Crippen LogP contribution is 2.37. The van der Waals surface area contributed by atoms with Gasteiger partial charge in [-0.3, -0.25) is 0 Å². The second-order valence-corrected chi connectivity index (χ2v) is 6.36. The molecule has 1 fully saturated rings. The smallest absolute Gasteiger partial charge is 0.311 e. The maximum Gasteiger partial charge on any atom is 0.391 e. The molecule has 1 aromatic rings. The van der Waals surface area contributed by atoms with Gasteiger partial charge < -0.3 is 5.32 Å². The van der Waals surface area contributed by atoms with Crippen molar-refractivity contribution in [2.24, 2.45) is 5.92 Å². The Morgan fingerprint density at radius 3 is 2.38 bits per heavy atom. The quantitative estimate of drug-likeness (QED) is 0.825. The summed E-state index contributed by atoms with van der Waals surface area (Å²) in [5, 5.41) is 4.18. The van der Waals surface area contributed by atoms with Crippen LogP contribution in [0.25, 0.3) is 0 Å². The molecule has 0 aromatic heterocycles. The summed E-state index contributed by atoms with van der Waals surface area (Å²) >= 11 is 6.13. The van der Waals surface area contributed by atoms with E-state index in [4.69, 9.17) is 11.6 Å². The summed E-state index contributed by atoms with van der Waals surface area (Å²) < 4.78 is 37.9. The Morgan fingerprint density at radius 2 is 1.81 bits per heavy atom. The summed E-state index contributed by atoms with van der Waals surface area (Å²) in [6.07, 6.45) is -1.58. The highest BCUT2D eigenvalue weighted by molar-refractivity contribution is 6.31. The predicted molar refractivity (Wildman–Crippen MR) is 79.6 cm³/mol. The molecule has 1 saturated carbocycles. The summed E-state index contributed by atoms with van der Waals surface area (Å²) in [6, 6.07) is 8.07. The van der Waals surface area contributed by atoms with Gasteiger partial charge in [-0.2, -0.15) is 13.2 Å². The molecule has 0 saturated heterocycles. The van der Waals surface area contributed by atoms with E-state index >= 15 is 0 Å². The van der Waals surface area contributed by atoms with Gasteiger partial charge in [0, 0.05) is 17.1 Å². The molecule has 0 amide bonds. The third kappa shape index (κ3) is 4.89. The molecule has 1 N–H and O–H groups in total. The van der Waals surface area contributed by atoms with Crippen LogP contribution in [0, 0.1) is 5.92 Å². The largest absolute Gasteiger partial charge is 0.391 e. The highest BCUT2D eigenvalue weighted by Gasteiger charge is 2.41. The summed E-state index contributed by atoms with van der Waals surface area (Å²) in [4.78, 5) is 0. The maximum absolute atomic E-state index is 12.6. The normalized spacial score (nSPS) is 24.8. The fourth-order valence-electron chi connectivity index (χ4n) is 3.04.